The Morgan fingerprint density at radius 3 is 1.32 bits per heavy atom. The van der Waals surface area contributed by atoms with Crippen LogP contribution in [0, 0.1) is 0 Å². The van der Waals surface area contributed by atoms with Crippen molar-refractivity contribution in [2.24, 2.45) is 0 Å². The molecule has 0 aromatic rings. The summed E-state index contributed by atoms with van der Waals surface area (Å²) in [7, 11) is 0. The number of rotatable bonds is 55. The summed E-state index contributed by atoms with van der Waals surface area (Å²) in [6, 6.07) is -1.07. The number of carbonyl (C=O) groups excluding carboxylic acids is 2. The lowest BCUT2D eigenvalue weighted by Gasteiger charge is -2.41. The molecule has 0 bridgehead atoms. The number of aliphatic hydroxyl groups excluding tert-OH is 5. The van der Waals surface area contributed by atoms with Gasteiger partial charge in [-0.05, 0) is 83.5 Å². The Hall–Kier alpha value is -3.42. The average molecular weight is 1140 g/mol. The fourth-order valence-corrected chi connectivity index (χ4v) is 9.78. The number of esters is 1. The Morgan fingerprint density at radius 2 is 0.889 bits per heavy atom. The van der Waals surface area contributed by atoms with E-state index in [0.29, 0.717) is 12.8 Å². The molecule has 0 saturated carbocycles. The first-order chi connectivity index (χ1) is 39.7. The van der Waals surface area contributed by atoms with Crippen LogP contribution < -0.4 is 5.32 Å². The molecule has 11 nitrogen and oxygen atoms in total. The maximum absolute atomic E-state index is 13.4. The van der Waals surface area contributed by atoms with Gasteiger partial charge < -0.3 is 45.1 Å². The third-order valence-corrected chi connectivity index (χ3v) is 15.0. The summed E-state index contributed by atoms with van der Waals surface area (Å²) < 4.78 is 17.6. The van der Waals surface area contributed by atoms with Crippen LogP contribution in [0.4, 0.5) is 0 Å². The number of nitrogens with one attached hydrogen (secondary N) is 1. The third kappa shape index (κ3) is 44.7. The molecule has 0 aromatic carbocycles. The average Bonchev–Trinajstić information content (AvgIpc) is 3.51. The molecule has 1 heterocycles. The predicted octanol–water partition coefficient (Wildman–Crippen LogP) is 16.3. The van der Waals surface area contributed by atoms with Gasteiger partial charge in [0.2, 0.25) is 5.91 Å². The van der Waals surface area contributed by atoms with E-state index in [2.05, 4.69) is 92.9 Å². The van der Waals surface area contributed by atoms with Gasteiger partial charge in [-0.15, -0.1) is 0 Å². The summed E-state index contributed by atoms with van der Waals surface area (Å²) in [6.45, 7) is 5.63. The van der Waals surface area contributed by atoms with E-state index >= 15 is 0 Å². The highest BCUT2D eigenvalue weighted by Crippen LogP contribution is 2.26. The summed E-state index contributed by atoms with van der Waals surface area (Å²) in [4.78, 5) is 26.6. The molecule has 8 unspecified atom stereocenters. The monoisotopic (exact) mass is 1140 g/mol. The summed E-state index contributed by atoms with van der Waals surface area (Å²) in [5.74, 6) is -1.29. The van der Waals surface area contributed by atoms with Crippen LogP contribution in [-0.2, 0) is 23.8 Å². The molecule has 1 aliphatic heterocycles. The van der Waals surface area contributed by atoms with Crippen LogP contribution in [0.25, 0.3) is 0 Å². The van der Waals surface area contributed by atoms with Gasteiger partial charge in [-0.2, -0.15) is 0 Å². The highest BCUT2D eigenvalue weighted by molar-refractivity contribution is 5.81. The maximum Gasteiger partial charge on any atom is 0.306 e. The molecule has 1 rings (SSSR count). The SMILES string of the molecule is CC/C=C\C/C=C\C/C=C\C/C=C\C/C=C\C/C=C\CC(O)C(=O)NC(COC1OC(CO)C(O)C(O)C1OC(=O)CCCCCCCCCCCCCCC/C=C/CCCCCCCC)C(O)/C=C/CCCCCCCCCCC. The van der Waals surface area contributed by atoms with E-state index in [0.717, 1.165) is 77.0 Å². The number of allylic oxidation sites excluding steroid dienone is 14. The van der Waals surface area contributed by atoms with E-state index in [1.807, 2.05) is 18.2 Å². The first kappa shape index (κ1) is 75.6. The molecule has 81 heavy (non-hydrogen) atoms. The molecule has 0 radical (unpaired) electrons. The molecule has 1 aliphatic rings. The van der Waals surface area contributed by atoms with Crippen molar-refractivity contribution >= 4 is 11.9 Å². The second-order valence-electron chi connectivity index (χ2n) is 22.5. The Kier molecular flexibility index (Phi) is 53.2. The second-order valence-corrected chi connectivity index (χ2v) is 22.5. The molecule has 0 aliphatic carbocycles. The number of aliphatic hydroxyl groups is 5. The minimum atomic E-state index is -1.63. The lowest BCUT2D eigenvalue weighted by molar-refractivity contribution is -0.305. The summed E-state index contributed by atoms with van der Waals surface area (Å²) >= 11 is 0. The molecule has 6 N–H and O–H groups in total. The van der Waals surface area contributed by atoms with Crippen LogP contribution >= 0.6 is 0 Å². The van der Waals surface area contributed by atoms with E-state index in [4.69, 9.17) is 14.2 Å². The molecular weight excluding hydrogens is 1010 g/mol. The standard InChI is InChI=1S/C70H121NO10/c1-4-7-10-13-16-19-22-24-26-28-30-31-32-33-34-36-38-40-43-46-49-52-55-58-65(75)81-68-67(77)66(76)64(59-72)80-70(68)79-60-61(62(73)56-53-50-47-44-41-21-18-15-12-9-6-3)71-69(78)63(74)57-54-51-48-45-42-39-37-35-29-27-25-23-20-17-14-11-8-5-2/h8,11,17,20,24-27,35,37,42,45,51,53-54,56,61-64,66-68,70,72-74,76-77H,4-7,9-10,12-16,18-19,21-23,28-34,36,38-41,43-44,46-50,52,55,57-60H2,1-3H3,(H,71,78)/b11-8-,20-17-,26-24+,27-25-,37-35-,45-42-,54-51-,56-53+. The smallest absolute Gasteiger partial charge is 0.306 e. The van der Waals surface area contributed by atoms with Crippen LogP contribution in [0.2, 0.25) is 0 Å². The van der Waals surface area contributed by atoms with Crippen LogP contribution in [-0.4, -0.2) is 99.6 Å². The van der Waals surface area contributed by atoms with E-state index < -0.39 is 67.4 Å². The largest absolute Gasteiger partial charge is 0.454 e. The number of amides is 1. The Labute approximate surface area is 495 Å². The van der Waals surface area contributed by atoms with Gasteiger partial charge in [0.15, 0.2) is 12.4 Å². The van der Waals surface area contributed by atoms with Crippen molar-refractivity contribution in [1.82, 2.24) is 5.32 Å². The molecule has 11 heteroatoms. The van der Waals surface area contributed by atoms with E-state index in [1.165, 1.54) is 148 Å². The topological polar surface area (TPSA) is 175 Å². The quantitative estimate of drug-likeness (QED) is 0.0195. The minimum Gasteiger partial charge on any atom is -0.454 e. The number of ether oxygens (including phenoxy) is 3. The van der Waals surface area contributed by atoms with Crippen molar-refractivity contribution in [2.75, 3.05) is 13.2 Å². The van der Waals surface area contributed by atoms with Gasteiger partial charge in [0, 0.05) is 12.8 Å². The van der Waals surface area contributed by atoms with Gasteiger partial charge in [0.1, 0.15) is 24.4 Å². The zero-order valence-corrected chi connectivity index (χ0v) is 51.6. The highest BCUT2D eigenvalue weighted by atomic mass is 16.7. The van der Waals surface area contributed by atoms with E-state index in [9.17, 15) is 35.1 Å². The first-order valence-corrected chi connectivity index (χ1v) is 33.0. The van der Waals surface area contributed by atoms with Crippen LogP contribution in [0.3, 0.4) is 0 Å². The van der Waals surface area contributed by atoms with Crippen LogP contribution in [0.15, 0.2) is 97.2 Å². The molecular formula is C70H121NO10. The second kappa shape index (κ2) is 57.0. The number of hydrogen-bond acceptors (Lipinski definition) is 10. The van der Waals surface area contributed by atoms with Gasteiger partial charge >= 0.3 is 5.97 Å². The molecule has 466 valence electrons. The molecule has 1 amide bonds. The van der Waals surface area contributed by atoms with Crippen molar-refractivity contribution in [2.45, 2.75) is 320 Å². The minimum absolute atomic E-state index is 0.0545. The van der Waals surface area contributed by atoms with E-state index in [1.54, 1.807) is 12.2 Å². The van der Waals surface area contributed by atoms with Crippen molar-refractivity contribution in [3.63, 3.8) is 0 Å². The fraction of sp³-hybridized carbons (Fsp3) is 0.743. The Balaban J connectivity index is 2.64. The molecule has 0 spiro atoms. The van der Waals surface area contributed by atoms with Crippen molar-refractivity contribution in [1.29, 1.82) is 0 Å². The maximum atomic E-state index is 13.4. The predicted molar refractivity (Wildman–Crippen MR) is 338 cm³/mol. The summed E-state index contributed by atoms with van der Waals surface area (Å²) in [5.41, 5.74) is 0. The Bertz CT molecular complexity index is 1690. The fourth-order valence-electron chi connectivity index (χ4n) is 9.78. The molecule has 1 fully saturated rings. The van der Waals surface area contributed by atoms with Crippen LogP contribution in [0.5, 0.6) is 0 Å². The zero-order valence-electron chi connectivity index (χ0n) is 51.6. The van der Waals surface area contributed by atoms with E-state index in [-0.39, 0.29) is 19.4 Å². The zero-order chi connectivity index (χ0) is 58.9. The van der Waals surface area contributed by atoms with Crippen LogP contribution in [0.1, 0.15) is 271 Å². The number of unbranched alkanes of at least 4 members (excludes halogenated alkanes) is 28. The van der Waals surface area contributed by atoms with Gasteiger partial charge in [0.25, 0.3) is 0 Å². The normalized spacial score (nSPS) is 19.3. The first-order valence-electron chi connectivity index (χ1n) is 33.0. The third-order valence-electron chi connectivity index (χ3n) is 15.0. The highest BCUT2D eigenvalue weighted by Gasteiger charge is 2.47. The van der Waals surface area contributed by atoms with Crippen molar-refractivity contribution < 1.29 is 49.3 Å². The van der Waals surface area contributed by atoms with Crippen molar-refractivity contribution in [3.05, 3.63) is 97.2 Å². The summed E-state index contributed by atoms with van der Waals surface area (Å²) in [6.07, 6.45) is 66.2. The Morgan fingerprint density at radius 1 is 0.494 bits per heavy atom. The van der Waals surface area contributed by atoms with Crippen molar-refractivity contribution in [3.8, 4) is 0 Å². The lowest BCUT2D eigenvalue weighted by Crippen LogP contribution is -2.61. The molecule has 8 atom stereocenters. The lowest BCUT2D eigenvalue weighted by atomic mass is 9.99. The molecule has 0 aromatic heterocycles. The number of hydrogen-bond donors (Lipinski definition) is 6. The van der Waals surface area contributed by atoms with Gasteiger partial charge in [-0.1, -0.05) is 272 Å². The van der Waals surface area contributed by atoms with Gasteiger partial charge in [0.05, 0.1) is 25.4 Å². The summed E-state index contributed by atoms with van der Waals surface area (Å²) in [5, 5.41) is 56.9. The molecule has 1 saturated heterocycles. The van der Waals surface area contributed by atoms with Gasteiger partial charge in [-0.25, -0.2) is 0 Å². The van der Waals surface area contributed by atoms with Gasteiger partial charge in [-0.3, -0.25) is 9.59 Å². The number of carbonyl (C=O) groups is 2.